The van der Waals surface area contributed by atoms with E-state index in [2.05, 4.69) is 41.0 Å². The van der Waals surface area contributed by atoms with Gasteiger partial charge in [-0.3, -0.25) is 0 Å². The summed E-state index contributed by atoms with van der Waals surface area (Å²) >= 11 is 0. The van der Waals surface area contributed by atoms with E-state index in [9.17, 15) is 0 Å². The van der Waals surface area contributed by atoms with Crippen molar-refractivity contribution >= 4 is 11.6 Å². The lowest BCUT2D eigenvalue weighted by atomic mass is 10.1. The first-order valence-corrected chi connectivity index (χ1v) is 7.62. The lowest BCUT2D eigenvalue weighted by Gasteiger charge is -2.30. The minimum Gasteiger partial charge on any atom is -0.370 e. The third-order valence-electron chi connectivity index (χ3n) is 3.95. The molecule has 1 aliphatic heterocycles. The van der Waals surface area contributed by atoms with Gasteiger partial charge in [0.25, 0.3) is 0 Å². The Morgan fingerprint density at radius 3 is 2.84 bits per heavy atom. The molecule has 4 nitrogen and oxygen atoms in total. The summed E-state index contributed by atoms with van der Waals surface area (Å²) in [6.07, 6.45) is 7.89. The molecule has 1 aromatic rings. The van der Waals surface area contributed by atoms with Crippen LogP contribution in [0.15, 0.2) is 6.33 Å². The summed E-state index contributed by atoms with van der Waals surface area (Å²) in [4.78, 5) is 11.5. The molecular formula is C15H26N4. The molecule has 0 saturated carbocycles. The van der Waals surface area contributed by atoms with Gasteiger partial charge in [0.15, 0.2) is 0 Å². The van der Waals surface area contributed by atoms with Crippen molar-refractivity contribution in [3.05, 3.63) is 11.9 Å². The van der Waals surface area contributed by atoms with Crippen LogP contribution in [0.1, 0.15) is 52.0 Å². The zero-order chi connectivity index (χ0) is 13.7. The first-order chi connectivity index (χ1) is 9.27. The maximum absolute atomic E-state index is 4.58. The Morgan fingerprint density at radius 2 is 2.11 bits per heavy atom. The monoisotopic (exact) mass is 262 g/mol. The second kappa shape index (κ2) is 6.73. The molecule has 2 heterocycles. The first kappa shape index (κ1) is 14.1. The normalized spacial score (nSPS) is 20.2. The van der Waals surface area contributed by atoms with Gasteiger partial charge in [-0.1, -0.05) is 19.8 Å². The Bertz CT molecular complexity index is 405. The Kier molecular flexibility index (Phi) is 5.00. The summed E-state index contributed by atoms with van der Waals surface area (Å²) in [6, 6.07) is 0.581. The van der Waals surface area contributed by atoms with Crippen molar-refractivity contribution in [2.45, 2.75) is 58.9 Å². The summed E-state index contributed by atoms with van der Waals surface area (Å²) in [5.74, 6) is 2.15. The van der Waals surface area contributed by atoms with Gasteiger partial charge in [0.1, 0.15) is 18.0 Å². The van der Waals surface area contributed by atoms with Gasteiger partial charge in [0.05, 0.1) is 0 Å². The first-order valence-electron chi connectivity index (χ1n) is 7.62. The van der Waals surface area contributed by atoms with Crippen molar-refractivity contribution < 1.29 is 0 Å². The average molecular weight is 262 g/mol. The van der Waals surface area contributed by atoms with E-state index in [1.165, 1.54) is 31.2 Å². The standard InChI is InChI=1S/C15H26N4/c1-4-13-14(16-5-2)17-11-18-15(13)19-10-8-6-7-9-12(19)3/h11-12H,4-10H2,1-3H3,(H,16,17,18). The predicted octanol–water partition coefficient (Wildman–Crippen LogP) is 3.24. The van der Waals surface area contributed by atoms with Gasteiger partial charge in [0.2, 0.25) is 0 Å². The Hall–Kier alpha value is -1.32. The van der Waals surface area contributed by atoms with Crippen LogP contribution in [0.4, 0.5) is 11.6 Å². The lowest BCUT2D eigenvalue weighted by Crippen LogP contribution is -2.34. The van der Waals surface area contributed by atoms with Crippen molar-refractivity contribution in [1.82, 2.24) is 9.97 Å². The number of rotatable bonds is 4. The van der Waals surface area contributed by atoms with Gasteiger partial charge in [-0.25, -0.2) is 9.97 Å². The van der Waals surface area contributed by atoms with Crippen molar-refractivity contribution in [3.63, 3.8) is 0 Å². The van der Waals surface area contributed by atoms with E-state index in [-0.39, 0.29) is 0 Å². The molecule has 1 aromatic heterocycles. The molecule has 0 bridgehead atoms. The van der Waals surface area contributed by atoms with Gasteiger partial charge >= 0.3 is 0 Å². The van der Waals surface area contributed by atoms with Gasteiger partial charge in [0, 0.05) is 24.7 Å². The molecule has 0 aliphatic carbocycles. The summed E-state index contributed by atoms with van der Waals surface area (Å²) in [7, 11) is 0. The topological polar surface area (TPSA) is 41.1 Å². The quantitative estimate of drug-likeness (QED) is 0.904. The van der Waals surface area contributed by atoms with E-state index < -0.39 is 0 Å². The van der Waals surface area contributed by atoms with E-state index >= 15 is 0 Å². The molecule has 4 heteroatoms. The van der Waals surface area contributed by atoms with Crippen molar-refractivity contribution in [2.75, 3.05) is 23.3 Å². The van der Waals surface area contributed by atoms with E-state index in [4.69, 9.17) is 0 Å². The molecule has 19 heavy (non-hydrogen) atoms. The highest BCUT2D eigenvalue weighted by atomic mass is 15.2. The number of hydrogen-bond acceptors (Lipinski definition) is 4. The number of anilines is 2. The summed E-state index contributed by atoms with van der Waals surface area (Å²) in [5.41, 5.74) is 1.26. The molecule has 1 unspecified atom stereocenters. The third kappa shape index (κ3) is 3.17. The number of nitrogens with one attached hydrogen (secondary N) is 1. The Labute approximate surface area is 116 Å². The molecule has 1 saturated heterocycles. The van der Waals surface area contributed by atoms with Crippen LogP contribution in [0.25, 0.3) is 0 Å². The van der Waals surface area contributed by atoms with E-state index in [0.29, 0.717) is 6.04 Å². The van der Waals surface area contributed by atoms with Crippen LogP contribution >= 0.6 is 0 Å². The largest absolute Gasteiger partial charge is 0.370 e. The minimum absolute atomic E-state index is 0.581. The molecule has 1 N–H and O–H groups in total. The zero-order valence-electron chi connectivity index (χ0n) is 12.4. The second-order valence-electron chi connectivity index (χ2n) is 5.30. The molecule has 1 atom stereocenters. The zero-order valence-corrected chi connectivity index (χ0v) is 12.4. The van der Waals surface area contributed by atoms with Gasteiger partial charge in [-0.2, -0.15) is 0 Å². The van der Waals surface area contributed by atoms with Crippen molar-refractivity contribution in [2.24, 2.45) is 0 Å². The van der Waals surface area contributed by atoms with Crippen LogP contribution in [-0.4, -0.2) is 29.1 Å². The van der Waals surface area contributed by atoms with E-state index in [1.807, 2.05) is 0 Å². The molecule has 1 aliphatic rings. The SMILES string of the molecule is CCNc1ncnc(N2CCCCCC2C)c1CC. The summed E-state index contributed by atoms with van der Waals surface area (Å²) < 4.78 is 0. The van der Waals surface area contributed by atoms with Crippen LogP contribution in [0.2, 0.25) is 0 Å². The summed E-state index contributed by atoms with van der Waals surface area (Å²) in [5, 5.41) is 3.36. The Morgan fingerprint density at radius 1 is 1.26 bits per heavy atom. The fourth-order valence-electron chi connectivity index (χ4n) is 2.89. The van der Waals surface area contributed by atoms with Crippen LogP contribution in [-0.2, 0) is 6.42 Å². The average Bonchev–Trinajstić information content (AvgIpc) is 2.63. The van der Waals surface area contributed by atoms with Gasteiger partial charge in [-0.05, 0) is 33.1 Å². The van der Waals surface area contributed by atoms with Crippen LogP contribution < -0.4 is 10.2 Å². The van der Waals surface area contributed by atoms with E-state index in [0.717, 1.165) is 31.1 Å². The highest BCUT2D eigenvalue weighted by Gasteiger charge is 2.22. The second-order valence-corrected chi connectivity index (χ2v) is 5.30. The van der Waals surface area contributed by atoms with Crippen LogP contribution in [0.5, 0.6) is 0 Å². The maximum atomic E-state index is 4.58. The van der Waals surface area contributed by atoms with Gasteiger partial charge < -0.3 is 10.2 Å². The minimum atomic E-state index is 0.581. The molecule has 2 rings (SSSR count). The van der Waals surface area contributed by atoms with Crippen LogP contribution in [0.3, 0.4) is 0 Å². The van der Waals surface area contributed by atoms with Crippen molar-refractivity contribution in [3.8, 4) is 0 Å². The van der Waals surface area contributed by atoms with E-state index in [1.54, 1.807) is 6.33 Å². The number of aromatic nitrogens is 2. The number of nitrogens with zero attached hydrogens (tertiary/aromatic N) is 3. The summed E-state index contributed by atoms with van der Waals surface area (Å²) in [6.45, 7) is 8.64. The smallest absolute Gasteiger partial charge is 0.137 e. The molecule has 0 amide bonds. The molecule has 0 radical (unpaired) electrons. The van der Waals surface area contributed by atoms with Crippen LogP contribution in [0, 0.1) is 0 Å². The third-order valence-corrected chi connectivity index (χ3v) is 3.95. The fraction of sp³-hybridized carbons (Fsp3) is 0.733. The molecule has 0 spiro atoms. The molecule has 106 valence electrons. The molecule has 1 fully saturated rings. The Balaban J connectivity index is 2.33. The predicted molar refractivity (Wildman–Crippen MR) is 80.8 cm³/mol. The number of hydrogen-bond donors (Lipinski definition) is 1. The highest BCUT2D eigenvalue weighted by Crippen LogP contribution is 2.28. The lowest BCUT2D eigenvalue weighted by molar-refractivity contribution is 0.608. The fourth-order valence-corrected chi connectivity index (χ4v) is 2.89. The molecular weight excluding hydrogens is 236 g/mol. The molecule has 0 aromatic carbocycles. The van der Waals surface area contributed by atoms with Gasteiger partial charge in [-0.15, -0.1) is 0 Å². The maximum Gasteiger partial charge on any atom is 0.137 e. The highest BCUT2D eigenvalue weighted by molar-refractivity contribution is 5.59. The van der Waals surface area contributed by atoms with Crippen molar-refractivity contribution in [1.29, 1.82) is 0 Å².